The zero-order valence-electron chi connectivity index (χ0n) is 11.8. The largest absolute Gasteiger partial charge is 0.481 e. The summed E-state index contributed by atoms with van der Waals surface area (Å²) in [6.07, 6.45) is 8.96. The molecule has 0 bridgehead atoms. The van der Waals surface area contributed by atoms with Crippen LogP contribution in [0.25, 0.3) is 0 Å². The highest BCUT2D eigenvalue weighted by molar-refractivity contribution is 5.34. The molecule has 0 unspecified atom stereocenters. The van der Waals surface area contributed by atoms with Crippen LogP contribution in [0, 0.1) is 0 Å². The van der Waals surface area contributed by atoms with Gasteiger partial charge in [-0.1, -0.05) is 32.1 Å². The Balaban J connectivity index is 2.03. The van der Waals surface area contributed by atoms with Gasteiger partial charge in [0.2, 0.25) is 17.7 Å². The maximum absolute atomic E-state index is 5.16. The van der Waals surface area contributed by atoms with E-state index < -0.39 is 0 Å². The third kappa shape index (κ3) is 4.26. The van der Waals surface area contributed by atoms with Crippen molar-refractivity contribution in [2.75, 3.05) is 19.5 Å². The lowest BCUT2D eigenvalue weighted by Gasteiger charge is -2.21. The zero-order chi connectivity index (χ0) is 13.5. The molecule has 0 amide bonds. The highest BCUT2D eigenvalue weighted by Gasteiger charge is 2.13. The Morgan fingerprint density at radius 1 is 0.947 bits per heavy atom. The maximum atomic E-state index is 5.16. The number of nitrogens with zero attached hydrogens (tertiary/aromatic N) is 2. The second-order valence-corrected chi connectivity index (χ2v) is 4.96. The first-order valence-corrected chi connectivity index (χ1v) is 7.05. The monoisotopic (exact) mass is 265 g/mol. The van der Waals surface area contributed by atoms with Gasteiger partial charge < -0.3 is 14.8 Å². The van der Waals surface area contributed by atoms with Crippen LogP contribution < -0.4 is 14.8 Å². The summed E-state index contributed by atoms with van der Waals surface area (Å²) < 4.78 is 10.3. The first kappa shape index (κ1) is 13.9. The van der Waals surface area contributed by atoms with Gasteiger partial charge in [-0.2, -0.15) is 9.97 Å². The predicted octanol–water partition coefficient (Wildman–Crippen LogP) is 3.02. The number of methoxy groups -OCH3 is 2. The summed E-state index contributed by atoms with van der Waals surface area (Å²) in [6, 6.07) is 2.14. The second-order valence-electron chi connectivity index (χ2n) is 4.96. The molecule has 1 aromatic rings. The summed E-state index contributed by atoms with van der Waals surface area (Å²) in [4.78, 5) is 8.65. The van der Waals surface area contributed by atoms with Gasteiger partial charge in [0.15, 0.2) is 0 Å². The van der Waals surface area contributed by atoms with Crippen molar-refractivity contribution in [2.24, 2.45) is 0 Å². The molecule has 0 aromatic carbocycles. The van der Waals surface area contributed by atoms with Gasteiger partial charge in [0.1, 0.15) is 0 Å². The molecule has 2 rings (SSSR count). The van der Waals surface area contributed by atoms with E-state index in [0.29, 0.717) is 23.8 Å². The average Bonchev–Trinajstić information content (AvgIpc) is 2.41. The molecular weight excluding hydrogens is 242 g/mol. The lowest BCUT2D eigenvalue weighted by molar-refractivity contribution is 0.372. The highest BCUT2D eigenvalue weighted by Crippen LogP contribution is 2.22. The molecule has 1 saturated carbocycles. The molecule has 0 saturated heterocycles. The summed E-state index contributed by atoms with van der Waals surface area (Å²) in [6.45, 7) is 0. The van der Waals surface area contributed by atoms with Crippen molar-refractivity contribution >= 4 is 5.95 Å². The minimum Gasteiger partial charge on any atom is -0.481 e. The van der Waals surface area contributed by atoms with E-state index in [9.17, 15) is 0 Å². The van der Waals surface area contributed by atoms with Crippen molar-refractivity contribution in [3.63, 3.8) is 0 Å². The highest BCUT2D eigenvalue weighted by atomic mass is 16.5. The van der Waals surface area contributed by atoms with Crippen LogP contribution in [-0.4, -0.2) is 30.2 Å². The van der Waals surface area contributed by atoms with Gasteiger partial charge in [0.25, 0.3) is 0 Å². The fourth-order valence-corrected chi connectivity index (χ4v) is 2.46. The molecule has 1 aromatic heterocycles. The van der Waals surface area contributed by atoms with Crippen LogP contribution in [-0.2, 0) is 0 Å². The molecule has 0 spiro atoms. The molecule has 19 heavy (non-hydrogen) atoms. The van der Waals surface area contributed by atoms with Gasteiger partial charge in [0.05, 0.1) is 20.3 Å². The van der Waals surface area contributed by atoms with E-state index in [1.165, 1.54) is 44.9 Å². The molecule has 0 radical (unpaired) electrons. The normalized spacial score (nSPS) is 17.4. The molecule has 106 valence electrons. The lowest BCUT2D eigenvalue weighted by Crippen LogP contribution is -2.22. The third-order valence-corrected chi connectivity index (χ3v) is 3.54. The van der Waals surface area contributed by atoms with Crippen LogP contribution in [0.1, 0.15) is 44.9 Å². The fourth-order valence-electron chi connectivity index (χ4n) is 2.46. The minimum atomic E-state index is 0.456. The molecule has 0 aliphatic heterocycles. The van der Waals surface area contributed by atoms with E-state index in [2.05, 4.69) is 15.3 Å². The Morgan fingerprint density at radius 3 is 2.00 bits per heavy atom. The molecule has 5 nitrogen and oxygen atoms in total. The molecule has 1 heterocycles. The number of hydrogen-bond donors (Lipinski definition) is 1. The fraction of sp³-hybridized carbons (Fsp3) is 0.714. The number of hydrogen-bond acceptors (Lipinski definition) is 5. The summed E-state index contributed by atoms with van der Waals surface area (Å²) in [5.74, 6) is 1.65. The van der Waals surface area contributed by atoms with Gasteiger partial charge >= 0.3 is 0 Å². The Bertz CT molecular complexity index is 368. The van der Waals surface area contributed by atoms with Gasteiger partial charge in [-0.15, -0.1) is 0 Å². The maximum Gasteiger partial charge on any atom is 0.229 e. The van der Waals surface area contributed by atoms with Gasteiger partial charge in [-0.25, -0.2) is 0 Å². The van der Waals surface area contributed by atoms with Crippen LogP contribution in [0.15, 0.2) is 6.07 Å². The van der Waals surface area contributed by atoms with E-state index in [0.717, 1.165) is 0 Å². The Hall–Kier alpha value is -1.52. The smallest absolute Gasteiger partial charge is 0.229 e. The van der Waals surface area contributed by atoms with Gasteiger partial charge in [-0.05, 0) is 12.8 Å². The van der Waals surface area contributed by atoms with Crippen molar-refractivity contribution in [2.45, 2.75) is 51.0 Å². The third-order valence-electron chi connectivity index (χ3n) is 3.54. The van der Waals surface area contributed by atoms with Gasteiger partial charge in [0, 0.05) is 6.04 Å². The number of anilines is 1. The van der Waals surface area contributed by atoms with Gasteiger partial charge in [-0.3, -0.25) is 0 Å². The minimum absolute atomic E-state index is 0.456. The molecule has 1 aliphatic rings. The summed E-state index contributed by atoms with van der Waals surface area (Å²) in [5, 5.41) is 3.42. The molecular formula is C14H23N3O2. The lowest BCUT2D eigenvalue weighted by atomic mass is 9.97. The summed E-state index contributed by atoms with van der Waals surface area (Å²) in [7, 11) is 3.20. The molecule has 1 fully saturated rings. The van der Waals surface area contributed by atoms with E-state index in [4.69, 9.17) is 9.47 Å². The van der Waals surface area contributed by atoms with E-state index in [1.54, 1.807) is 20.3 Å². The number of aromatic nitrogens is 2. The quantitative estimate of drug-likeness (QED) is 0.907. The van der Waals surface area contributed by atoms with E-state index in [-0.39, 0.29) is 0 Å². The topological polar surface area (TPSA) is 56.3 Å². The Morgan fingerprint density at radius 2 is 1.47 bits per heavy atom. The standard InChI is InChI=1S/C14H23N3O2/c1-18-12-10-13(19-2)17-14(16-12)15-11-8-6-4-3-5-7-9-11/h10-11H,3-9H2,1-2H3,(H,15,16,17). The summed E-state index contributed by atoms with van der Waals surface area (Å²) >= 11 is 0. The van der Waals surface area contributed by atoms with Crippen LogP contribution in [0.2, 0.25) is 0 Å². The van der Waals surface area contributed by atoms with Crippen molar-refractivity contribution in [1.82, 2.24) is 9.97 Å². The van der Waals surface area contributed by atoms with Crippen molar-refractivity contribution in [1.29, 1.82) is 0 Å². The molecule has 1 N–H and O–H groups in total. The molecule has 5 heteroatoms. The summed E-state index contributed by atoms with van der Waals surface area (Å²) in [5.41, 5.74) is 0. The van der Waals surface area contributed by atoms with Crippen LogP contribution in [0.3, 0.4) is 0 Å². The second kappa shape index (κ2) is 7.16. The Kier molecular flexibility index (Phi) is 5.24. The van der Waals surface area contributed by atoms with Crippen molar-refractivity contribution < 1.29 is 9.47 Å². The number of ether oxygens (including phenoxy) is 2. The van der Waals surface area contributed by atoms with Crippen molar-refractivity contribution in [3.8, 4) is 11.8 Å². The average molecular weight is 265 g/mol. The SMILES string of the molecule is COc1cc(OC)nc(NC2CCCCCCC2)n1. The predicted molar refractivity (Wildman–Crippen MR) is 74.9 cm³/mol. The van der Waals surface area contributed by atoms with Crippen LogP contribution >= 0.6 is 0 Å². The van der Waals surface area contributed by atoms with Crippen molar-refractivity contribution in [3.05, 3.63) is 6.07 Å². The molecule has 1 aliphatic carbocycles. The Labute approximate surface area is 114 Å². The first-order chi connectivity index (χ1) is 9.31. The number of nitrogens with one attached hydrogen (secondary N) is 1. The van der Waals surface area contributed by atoms with Crippen LogP contribution in [0.4, 0.5) is 5.95 Å². The van der Waals surface area contributed by atoms with Crippen LogP contribution in [0.5, 0.6) is 11.8 Å². The number of rotatable bonds is 4. The first-order valence-electron chi connectivity index (χ1n) is 7.05. The van der Waals surface area contributed by atoms with E-state index >= 15 is 0 Å². The zero-order valence-corrected chi connectivity index (χ0v) is 11.8. The molecule has 0 atom stereocenters. The van der Waals surface area contributed by atoms with E-state index in [1.807, 2.05) is 0 Å².